The molecule has 0 aliphatic carbocycles. The first kappa shape index (κ1) is 19.1. The highest BCUT2D eigenvalue weighted by atomic mass is 19.1. The standard InChI is InChI=1S/C21H28FN5/c1-3-23-21(25-15-20-19(22)10-7-11-24-20)26-16(2)17-8-6-9-18(14-17)27-12-4-5-13-27/h6-11,14,16H,3-5,12-13,15H2,1-2H3,(H2,23,25,26). The van der Waals surface area contributed by atoms with Gasteiger partial charge in [-0.25, -0.2) is 9.38 Å². The summed E-state index contributed by atoms with van der Waals surface area (Å²) in [7, 11) is 0. The van der Waals surface area contributed by atoms with Crippen LogP contribution in [-0.2, 0) is 6.54 Å². The Morgan fingerprint density at radius 2 is 2.07 bits per heavy atom. The van der Waals surface area contributed by atoms with Gasteiger partial charge >= 0.3 is 0 Å². The molecule has 1 saturated heterocycles. The molecule has 2 heterocycles. The molecule has 6 heteroatoms. The van der Waals surface area contributed by atoms with Crippen molar-refractivity contribution < 1.29 is 4.39 Å². The van der Waals surface area contributed by atoms with Gasteiger partial charge in [-0.1, -0.05) is 12.1 Å². The molecule has 1 aliphatic heterocycles. The van der Waals surface area contributed by atoms with E-state index in [9.17, 15) is 4.39 Å². The number of rotatable bonds is 6. The first-order valence-corrected chi connectivity index (χ1v) is 9.66. The molecule has 27 heavy (non-hydrogen) atoms. The lowest BCUT2D eigenvalue weighted by atomic mass is 10.1. The smallest absolute Gasteiger partial charge is 0.192 e. The Bertz CT molecular complexity index is 771. The van der Waals surface area contributed by atoms with E-state index in [1.807, 2.05) is 6.92 Å². The van der Waals surface area contributed by atoms with Crippen LogP contribution in [-0.4, -0.2) is 30.6 Å². The largest absolute Gasteiger partial charge is 0.372 e. The van der Waals surface area contributed by atoms with Gasteiger partial charge in [-0.15, -0.1) is 0 Å². The Labute approximate surface area is 160 Å². The summed E-state index contributed by atoms with van der Waals surface area (Å²) in [5.74, 6) is 0.324. The third-order valence-electron chi connectivity index (χ3n) is 4.76. The summed E-state index contributed by atoms with van der Waals surface area (Å²) in [5.41, 5.74) is 2.82. The van der Waals surface area contributed by atoms with Gasteiger partial charge in [0, 0.05) is 31.5 Å². The minimum Gasteiger partial charge on any atom is -0.372 e. The number of halogens is 1. The molecule has 1 aromatic carbocycles. The van der Waals surface area contributed by atoms with E-state index < -0.39 is 0 Å². The summed E-state index contributed by atoms with van der Waals surface area (Å²) in [6, 6.07) is 11.7. The Hall–Kier alpha value is -2.63. The van der Waals surface area contributed by atoms with Crippen LogP contribution >= 0.6 is 0 Å². The summed E-state index contributed by atoms with van der Waals surface area (Å²) < 4.78 is 13.8. The molecular weight excluding hydrogens is 341 g/mol. The Morgan fingerprint density at radius 1 is 1.26 bits per heavy atom. The minimum atomic E-state index is -0.330. The third-order valence-corrected chi connectivity index (χ3v) is 4.76. The topological polar surface area (TPSA) is 52.6 Å². The average Bonchev–Trinajstić information content (AvgIpc) is 3.22. The predicted molar refractivity (Wildman–Crippen MR) is 108 cm³/mol. The molecule has 0 spiro atoms. The molecule has 1 atom stereocenters. The van der Waals surface area contributed by atoms with Crippen LogP contribution in [0.15, 0.2) is 47.6 Å². The fourth-order valence-corrected chi connectivity index (χ4v) is 3.26. The van der Waals surface area contributed by atoms with Gasteiger partial charge in [0.2, 0.25) is 0 Å². The summed E-state index contributed by atoms with van der Waals surface area (Å²) in [6.07, 6.45) is 4.11. The van der Waals surface area contributed by atoms with Gasteiger partial charge in [-0.2, -0.15) is 0 Å². The Kier molecular flexibility index (Phi) is 6.63. The fourth-order valence-electron chi connectivity index (χ4n) is 3.26. The van der Waals surface area contributed by atoms with Crippen LogP contribution in [0, 0.1) is 5.82 Å². The monoisotopic (exact) mass is 369 g/mol. The van der Waals surface area contributed by atoms with E-state index in [0.717, 1.165) is 19.6 Å². The quantitative estimate of drug-likeness (QED) is 0.603. The van der Waals surface area contributed by atoms with E-state index in [2.05, 4.69) is 56.7 Å². The third kappa shape index (κ3) is 5.18. The van der Waals surface area contributed by atoms with Crippen molar-refractivity contribution in [1.82, 2.24) is 15.6 Å². The first-order chi connectivity index (χ1) is 13.2. The van der Waals surface area contributed by atoms with Gasteiger partial charge in [0.15, 0.2) is 5.96 Å². The van der Waals surface area contributed by atoms with Gasteiger partial charge in [0.05, 0.1) is 18.3 Å². The SMILES string of the molecule is CCNC(=NCc1ncccc1F)NC(C)c1cccc(N2CCCC2)c1. The number of hydrogen-bond acceptors (Lipinski definition) is 3. The summed E-state index contributed by atoms with van der Waals surface area (Å²) in [6.45, 7) is 7.31. The van der Waals surface area contributed by atoms with E-state index >= 15 is 0 Å². The number of aromatic nitrogens is 1. The Morgan fingerprint density at radius 3 is 2.81 bits per heavy atom. The zero-order valence-electron chi connectivity index (χ0n) is 16.1. The zero-order valence-corrected chi connectivity index (χ0v) is 16.1. The van der Waals surface area contributed by atoms with Crippen LogP contribution in [0.2, 0.25) is 0 Å². The lowest BCUT2D eigenvalue weighted by Gasteiger charge is -2.22. The van der Waals surface area contributed by atoms with E-state index in [4.69, 9.17) is 0 Å². The number of anilines is 1. The van der Waals surface area contributed by atoms with Gasteiger partial charge in [0.25, 0.3) is 0 Å². The molecule has 0 amide bonds. The van der Waals surface area contributed by atoms with Crippen molar-refractivity contribution in [2.75, 3.05) is 24.5 Å². The van der Waals surface area contributed by atoms with Crippen molar-refractivity contribution >= 4 is 11.6 Å². The maximum absolute atomic E-state index is 13.8. The fraction of sp³-hybridized carbons (Fsp3) is 0.429. The molecular formula is C21H28FN5. The molecule has 0 saturated carbocycles. The van der Waals surface area contributed by atoms with Crippen molar-refractivity contribution in [2.24, 2.45) is 4.99 Å². The van der Waals surface area contributed by atoms with Crippen LogP contribution in [0.1, 0.15) is 44.0 Å². The van der Waals surface area contributed by atoms with Crippen molar-refractivity contribution in [3.63, 3.8) is 0 Å². The molecule has 0 bridgehead atoms. The van der Waals surface area contributed by atoms with Crippen LogP contribution in [0.4, 0.5) is 10.1 Å². The summed E-state index contributed by atoms with van der Waals surface area (Å²) in [5, 5.41) is 6.63. The number of nitrogens with one attached hydrogen (secondary N) is 2. The second-order valence-corrected chi connectivity index (χ2v) is 6.78. The highest BCUT2D eigenvalue weighted by molar-refractivity contribution is 5.80. The van der Waals surface area contributed by atoms with Crippen molar-refractivity contribution in [3.05, 3.63) is 59.7 Å². The maximum Gasteiger partial charge on any atom is 0.192 e. The van der Waals surface area contributed by atoms with E-state index in [1.165, 1.54) is 30.2 Å². The van der Waals surface area contributed by atoms with Crippen LogP contribution in [0.3, 0.4) is 0 Å². The minimum absolute atomic E-state index is 0.0823. The summed E-state index contributed by atoms with van der Waals surface area (Å²) in [4.78, 5) is 11.0. The molecule has 1 fully saturated rings. The van der Waals surface area contributed by atoms with Crippen molar-refractivity contribution in [3.8, 4) is 0 Å². The molecule has 1 aliphatic rings. The lowest BCUT2D eigenvalue weighted by Crippen LogP contribution is -2.38. The molecule has 3 rings (SSSR count). The second-order valence-electron chi connectivity index (χ2n) is 6.78. The van der Waals surface area contributed by atoms with Gasteiger partial charge in [0.1, 0.15) is 5.82 Å². The zero-order chi connectivity index (χ0) is 19.1. The molecule has 1 aromatic heterocycles. The number of benzene rings is 1. The van der Waals surface area contributed by atoms with Crippen molar-refractivity contribution in [1.29, 1.82) is 0 Å². The molecule has 144 valence electrons. The molecule has 0 radical (unpaired) electrons. The average molecular weight is 369 g/mol. The number of guanidine groups is 1. The van der Waals surface area contributed by atoms with E-state index in [1.54, 1.807) is 12.3 Å². The Balaban J connectivity index is 1.69. The van der Waals surface area contributed by atoms with E-state index in [-0.39, 0.29) is 18.4 Å². The molecule has 2 N–H and O–H groups in total. The molecule has 1 unspecified atom stereocenters. The summed E-state index contributed by atoms with van der Waals surface area (Å²) >= 11 is 0. The van der Waals surface area contributed by atoms with Crippen LogP contribution < -0.4 is 15.5 Å². The second kappa shape index (κ2) is 9.35. The highest BCUT2D eigenvalue weighted by Crippen LogP contribution is 2.23. The number of nitrogens with zero attached hydrogens (tertiary/aromatic N) is 3. The van der Waals surface area contributed by atoms with Crippen molar-refractivity contribution in [2.45, 2.75) is 39.3 Å². The number of hydrogen-bond donors (Lipinski definition) is 2. The molecule has 5 nitrogen and oxygen atoms in total. The first-order valence-electron chi connectivity index (χ1n) is 9.66. The van der Waals surface area contributed by atoms with Gasteiger partial charge < -0.3 is 15.5 Å². The number of pyridine rings is 1. The van der Waals surface area contributed by atoms with Gasteiger partial charge in [-0.05, 0) is 56.5 Å². The molecule has 2 aromatic rings. The number of aliphatic imine (C=N–C) groups is 1. The van der Waals surface area contributed by atoms with E-state index in [0.29, 0.717) is 11.7 Å². The predicted octanol–water partition coefficient (Wildman–Crippen LogP) is 3.64. The van der Waals surface area contributed by atoms with Crippen LogP contribution in [0.25, 0.3) is 0 Å². The van der Waals surface area contributed by atoms with Gasteiger partial charge in [-0.3, -0.25) is 4.98 Å². The lowest BCUT2D eigenvalue weighted by molar-refractivity contribution is 0.598. The highest BCUT2D eigenvalue weighted by Gasteiger charge is 2.14. The normalized spacial score (nSPS) is 15.7. The van der Waals surface area contributed by atoms with Crippen LogP contribution in [0.5, 0.6) is 0 Å². The maximum atomic E-state index is 13.8.